The van der Waals surface area contributed by atoms with Gasteiger partial charge in [-0.2, -0.15) is 4.39 Å². The molecule has 4 rings (SSSR count). The van der Waals surface area contributed by atoms with Gasteiger partial charge in [-0.1, -0.05) is 25.5 Å². The maximum atomic E-state index is 14.8. The zero-order valence-corrected chi connectivity index (χ0v) is 22.1. The van der Waals surface area contributed by atoms with Crippen LogP contribution in [0.5, 0.6) is 11.5 Å². The van der Waals surface area contributed by atoms with Crippen LogP contribution in [0.2, 0.25) is 0 Å². The Kier molecular flexibility index (Phi) is 9.49. The van der Waals surface area contributed by atoms with Crippen LogP contribution in [0.3, 0.4) is 0 Å². The molecule has 1 unspecified atom stereocenters. The van der Waals surface area contributed by atoms with Gasteiger partial charge in [0, 0.05) is 22.8 Å². The van der Waals surface area contributed by atoms with Crippen molar-refractivity contribution >= 4 is 0 Å². The highest BCUT2D eigenvalue weighted by molar-refractivity contribution is 5.66. The standard InChI is InChI=1S/C31H33F5O3/c1-3-5-26(37)24-13-12-21(28(33)30(24)35)19-8-6-18(7-9-19)17-39-20-10-11-22(25(32)16-20)23-14-15-27(38-4-2)31(36)29(23)34/h10-16,18-19,26,37H,3-9,17H2,1-2H3. The maximum Gasteiger partial charge on any atom is 0.201 e. The molecule has 8 heteroatoms. The summed E-state index contributed by atoms with van der Waals surface area (Å²) >= 11 is 0. The van der Waals surface area contributed by atoms with Gasteiger partial charge in [-0.15, -0.1) is 0 Å². The molecule has 39 heavy (non-hydrogen) atoms. The minimum atomic E-state index is -1.19. The van der Waals surface area contributed by atoms with E-state index in [1.807, 2.05) is 6.92 Å². The molecule has 1 saturated carbocycles. The van der Waals surface area contributed by atoms with Crippen molar-refractivity contribution in [1.29, 1.82) is 0 Å². The summed E-state index contributed by atoms with van der Waals surface area (Å²) in [5.74, 6) is -4.91. The Bertz CT molecular complexity index is 1290. The number of aliphatic hydroxyl groups is 1. The lowest BCUT2D eigenvalue weighted by Gasteiger charge is -2.29. The van der Waals surface area contributed by atoms with Crippen LogP contribution in [0, 0.1) is 35.0 Å². The molecule has 3 nitrogen and oxygen atoms in total. The third-order valence-corrected chi connectivity index (χ3v) is 7.41. The molecule has 0 bridgehead atoms. The summed E-state index contributed by atoms with van der Waals surface area (Å²) in [7, 11) is 0. The van der Waals surface area contributed by atoms with E-state index in [1.165, 1.54) is 30.3 Å². The molecule has 3 aromatic carbocycles. The van der Waals surface area contributed by atoms with E-state index < -0.39 is 35.2 Å². The molecule has 3 aromatic rings. The maximum absolute atomic E-state index is 14.8. The predicted molar refractivity (Wildman–Crippen MR) is 139 cm³/mol. The van der Waals surface area contributed by atoms with Crippen molar-refractivity contribution in [2.24, 2.45) is 5.92 Å². The lowest BCUT2D eigenvalue weighted by Crippen LogP contribution is -2.20. The molecular weight excluding hydrogens is 515 g/mol. The van der Waals surface area contributed by atoms with Crippen LogP contribution in [0.1, 0.15) is 75.5 Å². The van der Waals surface area contributed by atoms with Crippen molar-refractivity contribution in [1.82, 2.24) is 0 Å². The van der Waals surface area contributed by atoms with Gasteiger partial charge in [0.05, 0.1) is 19.3 Å². The summed E-state index contributed by atoms with van der Waals surface area (Å²) in [6.07, 6.45) is 2.76. The summed E-state index contributed by atoms with van der Waals surface area (Å²) in [5.41, 5.74) is 0.0171. The average Bonchev–Trinajstić information content (AvgIpc) is 2.93. The van der Waals surface area contributed by atoms with Crippen molar-refractivity contribution < 1.29 is 36.5 Å². The Morgan fingerprint density at radius 2 is 1.51 bits per heavy atom. The highest BCUT2D eigenvalue weighted by Crippen LogP contribution is 2.39. The Morgan fingerprint density at radius 1 is 0.795 bits per heavy atom. The first-order valence-corrected chi connectivity index (χ1v) is 13.4. The highest BCUT2D eigenvalue weighted by Gasteiger charge is 2.28. The number of hydrogen-bond donors (Lipinski definition) is 1. The molecule has 1 aliphatic carbocycles. The number of hydrogen-bond acceptors (Lipinski definition) is 3. The zero-order chi connectivity index (χ0) is 28.1. The lowest BCUT2D eigenvalue weighted by molar-refractivity contribution is 0.160. The largest absolute Gasteiger partial charge is 0.493 e. The third-order valence-electron chi connectivity index (χ3n) is 7.41. The van der Waals surface area contributed by atoms with Crippen molar-refractivity contribution in [3.63, 3.8) is 0 Å². The van der Waals surface area contributed by atoms with E-state index in [1.54, 1.807) is 13.0 Å². The van der Waals surface area contributed by atoms with E-state index in [4.69, 9.17) is 9.47 Å². The van der Waals surface area contributed by atoms with E-state index in [0.717, 1.165) is 18.9 Å². The monoisotopic (exact) mass is 548 g/mol. The number of ether oxygens (including phenoxy) is 2. The van der Waals surface area contributed by atoms with Crippen molar-refractivity contribution in [3.8, 4) is 22.6 Å². The van der Waals surface area contributed by atoms with Gasteiger partial charge in [0.2, 0.25) is 5.82 Å². The van der Waals surface area contributed by atoms with E-state index in [2.05, 4.69) is 0 Å². The first kappa shape index (κ1) is 28.9. The molecule has 0 saturated heterocycles. The third kappa shape index (κ3) is 6.38. The Balaban J connectivity index is 1.35. The van der Waals surface area contributed by atoms with E-state index in [-0.39, 0.29) is 46.6 Å². The van der Waals surface area contributed by atoms with Gasteiger partial charge < -0.3 is 14.6 Å². The van der Waals surface area contributed by atoms with Gasteiger partial charge >= 0.3 is 0 Å². The fourth-order valence-corrected chi connectivity index (χ4v) is 5.25. The molecule has 1 aliphatic rings. The van der Waals surface area contributed by atoms with E-state index in [9.17, 15) is 27.1 Å². The molecule has 1 atom stereocenters. The van der Waals surface area contributed by atoms with Crippen LogP contribution in [-0.4, -0.2) is 18.3 Å². The van der Waals surface area contributed by atoms with Crippen molar-refractivity contribution in [2.45, 2.75) is 64.4 Å². The smallest absolute Gasteiger partial charge is 0.201 e. The second-order valence-corrected chi connectivity index (χ2v) is 10.0. The summed E-state index contributed by atoms with van der Waals surface area (Å²) in [6.45, 7) is 4.00. The fourth-order valence-electron chi connectivity index (χ4n) is 5.25. The fraction of sp³-hybridized carbons (Fsp3) is 0.419. The van der Waals surface area contributed by atoms with Crippen molar-refractivity contribution in [2.75, 3.05) is 13.2 Å². The molecule has 0 amide bonds. The highest BCUT2D eigenvalue weighted by atomic mass is 19.2. The number of aliphatic hydroxyl groups excluding tert-OH is 1. The van der Waals surface area contributed by atoms with Gasteiger partial charge in [0.15, 0.2) is 23.2 Å². The summed E-state index contributed by atoms with van der Waals surface area (Å²) < 4.78 is 83.8. The predicted octanol–water partition coefficient (Wildman–Crippen LogP) is 8.63. The first-order valence-electron chi connectivity index (χ1n) is 13.4. The summed E-state index contributed by atoms with van der Waals surface area (Å²) in [6, 6.07) is 9.59. The molecule has 0 spiro atoms. The van der Waals surface area contributed by atoms with Crippen LogP contribution in [-0.2, 0) is 0 Å². The molecule has 1 N–H and O–H groups in total. The van der Waals surface area contributed by atoms with Crippen LogP contribution < -0.4 is 9.47 Å². The Morgan fingerprint density at radius 3 is 2.18 bits per heavy atom. The van der Waals surface area contributed by atoms with Crippen LogP contribution in [0.25, 0.3) is 11.1 Å². The molecule has 0 aliphatic heterocycles. The second-order valence-electron chi connectivity index (χ2n) is 10.0. The van der Waals surface area contributed by atoms with Crippen molar-refractivity contribution in [3.05, 3.63) is 82.7 Å². The normalized spacial score (nSPS) is 18.2. The van der Waals surface area contributed by atoms with Crippen LogP contribution in [0.15, 0.2) is 42.5 Å². The van der Waals surface area contributed by atoms with Gasteiger partial charge in [0.25, 0.3) is 0 Å². The number of benzene rings is 3. The molecule has 210 valence electrons. The number of rotatable bonds is 10. The number of halogens is 5. The molecule has 0 heterocycles. The Hall–Kier alpha value is -3.13. The average molecular weight is 549 g/mol. The molecule has 1 fully saturated rings. The quantitative estimate of drug-likeness (QED) is 0.258. The van der Waals surface area contributed by atoms with E-state index in [0.29, 0.717) is 37.9 Å². The van der Waals surface area contributed by atoms with E-state index >= 15 is 0 Å². The second kappa shape index (κ2) is 12.8. The molecule has 0 aromatic heterocycles. The van der Waals surface area contributed by atoms with Gasteiger partial charge in [-0.05, 0) is 80.7 Å². The van der Waals surface area contributed by atoms with Gasteiger partial charge in [-0.3, -0.25) is 0 Å². The summed E-state index contributed by atoms with van der Waals surface area (Å²) in [5, 5.41) is 10.1. The van der Waals surface area contributed by atoms with Crippen LogP contribution >= 0.6 is 0 Å². The minimum Gasteiger partial charge on any atom is -0.493 e. The summed E-state index contributed by atoms with van der Waals surface area (Å²) in [4.78, 5) is 0. The minimum absolute atomic E-state index is 0.00571. The SMILES string of the molecule is CCCC(O)c1ccc(C2CCC(COc3ccc(-c4ccc(OCC)c(F)c4F)c(F)c3)CC2)c(F)c1F. The Labute approximate surface area is 225 Å². The van der Waals surface area contributed by atoms with Gasteiger partial charge in [-0.25, -0.2) is 17.6 Å². The van der Waals surface area contributed by atoms with Crippen LogP contribution in [0.4, 0.5) is 22.0 Å². The first-order chi connectivity index (χ1) is 18.7. The molecule has 0 radical (unpaired) electrons. The molecular formula is C31H33F5O3. The zero-order valence-electron chi connectivity index (χ0n) is 22.1. The topological polar surface area (TPSA) is 38.7 Å². The van der Waals surface area contributed by atoms with Gasteiger partial charge in [0.1, 0.15) is 11.6 Å². The lowest BCUT2D eigenvalue weighted by atomic mass is 9.78.